The van der Waals surface area contributed by atoms with E-state index < -0.39 is 9.84 Å². The summed E-state index contributed by atoms with van der Waals surface area (Å²) in [4.78, 5) is 4.46. The van der Waals surface area contributed by atoms with Gasteiger partial charge in [-0.1, -0.05) is 13.0 Å². The van der Waals surface area contributed by atoms with E-state index in [1.165, 1.54) is 5.56 Å². The van der Waals surface area contributed by atoms with Crippen molar-refractivity contribution < 1.29 is 12.8 Å². The second-order valence-corrected chi connectivity index (χ2v) is 7.46. The third-order valence-electron chi connectivity index (χ3n) is 3.63. The zero-order valence-electron chi connectivity index (χ0n) is 11.4. The second-order valence-electron chi connectivity index (χ2n) is 5.23. The van der Waals surface area contributed by atoms with E-state index in [0.29, 0.717) is 18.9 Å². The zero-order valence-corrected chi connectivity index (χ0v) is 12.2. The first-order valence-electron chi connectivity index (χ1n) is 6.88. The molecule has 5 nitrogen and oxygen atoms in total. The summed E-state index contributed by atoms with van der Waals surface area (Å²) >= 11 is 0. The van der Waals surface area contributed by atoms with Crippen LogP contribution in [0.25, 0.3) is 11.1 Å². The molecule has 1 atom stereocenters. The Morgan fingerprint density at radius 3 is 3.05 bits per heavy atom. The maximum absolute atomic E-state index is 11.6. The van der Waals surface area contributed by atoms with Crippen LogP contribution in [0, 0.1) is 0 Å². The molecule has 1 aliphatic rings. The average Bonchev–Trinajstić information content (AvgIpc) is 2.78. The van der Waals surface area contributed by atoms with Gasteiger partial charge in [-0.25, -0.2) is 13.4 Å². The van der Waals surface area contributed by atoms with Gasteiger partial charge in [-0.3, -0.25) is 0 Å². The van der Waals surface area contributed by atoms with Gasteiger partial charge in [0.1, 0.15) is 5.52 Å². The summed E-state index contributed by atoms with van der Waals surface area (Å²) in [5, 5.41) is 3.21. The highest BCUT2D eigenvalue weighted by Crippen LogP contribution is 2.19. The minimum atomic E-state index is -2.92. The van der Waals surface area contributed by atoms with Gasteiger partial charge in [0.05, 0.1) is 11.5 Å². The Bertz CT molecular complexity index is 721. The summed E-state index contributed by atoms with van der Waals surface area (Å²) in [5.74, 6) is 0.978. The van der Waals surface area contributed by atoms with Crippen molar-refractivity contribution in [3.05, 3.63) is 29.7 Å². The van der Waals surface area contributed by atoms with E-state index in [4.69, 9.17) is 4.42 Å². The number of rotatable bonds is 3. The second kappa shape index (κ2) is 5.18. The highest BCUT2D eigenvalue weighted by molar-refractivity contribution is 7.91. The lowest BCUT2D eigenvalue weighted by Gasteiger charge is -2.22. The first kappa shape index (κ1) is 13.6. The predicted molar refractivity (Wildman–Crippen MR) is 77.5 cm³/mol. The van der Waals surface area contributed by atoms with Crippen LogP contribution >= 0.6 is 0 Å². The van der Waals surface area contributed by atoms with Gasteiger partial charge < -0.3 is 9.73 Å². The Balaban J connectivity index is 1.80. The molecule has 1 saturated heterocycles. The fourth-order valence-electron chi connectivity index (χ4n) is 2.54. The van der Waals surface area contributed by atoms with Crippen molar-refractivity contribution in [2.45, 2.75) is 25.8 Å². The number of benzene rings is 1. The number of aromatic nitrogens is 1. The number of aryl methyl sites for hydroxylation is 1. The van der Waals surface area contributed by atoms with Gasteiger partial charge in [-0.2, -0.15) is 0 Å². The highest BCUT2D eigenvalue weighted by Gasteiger charge is 2.25. The number of fused-ring (bicyclic) bond motifs is 1. The summed E-state index contributed by atoms with van der Waals surface area (Å²) in [6.07, 6.45) is 1.47. The lowest BCUT2D eigenvalue weighted by atomic mass is 10.1. The van der Waals surface area contributed by atoms with Crippen molar-refractivity contribution in [2.75, 3.05) is 18.1 Å². The summed E-state index contributed by atoms with van der Waals surface area (Å²) in [6, 6.07) is 5.87. The number of nitrogens with zero attached hydrogens (tertiary/aromatic N) is 1. The monoisotopic (exact) mass is 294 g/mol. The van der Waals surface area contributed by atoms with Crippen LogP contribution in [0.4, 0.5) is 0 Å². The van der Waals surface area contributed by atoms with E-state index in [2.05, 4.69) is 17.2 Å². The summed E-state index contributed by atoms with van der Waals surface area (Å²) in [5.41, 5.74) is 2.82. The molecule has 0 aliphatic carbocycles. The van der Waals surface area contributed by atoms with Gasteiger partial charge in [-0.15, -0.1) is 0 Å². The smallest absolute Gasteiger partial charge is 0.197 e. The number of oxazole rings is 1. The quantitative estimate of drug-likeness (QED) is 0.924. The maximum atomic E-state index is 11.6. The lowest BCUT2D eigenvalue weighted by Crippen LogP contribution is -2.46. The molecule has 20 heavy (non-hydrogen) atoms. The zero-order chi connectivity index (χ0) is 14.2. The average molecular weight is 294 g/mol. The third-order valence-corrected chi connectivity index (χ3v) is 5.36. The first-order valence-corrected chi connectivity index (χ1v) is 8.70. The molecule has 1 aliphatic heterocycles. The van der Waals surface area contributed by atoms with Crippen LogP contribution in [-0.2, 0) is 22.7 Å². The molecule has 0 amide bonds. The van der Waals surface area contributed by atoms with Crippen LogP contribution in [0.15, 0.2) is 22.6 Å². The van der Waals surface area contributed by atoms with Crippen LogP contribution in [0.3, 0.4) is 0 Å². The summed E-state index contributed by atoms with van der Waals surface area (Å²) in [6.45, 7) is 2.60. The van der Waals surface area contributed by atoms with Gasteiger partial charge in [0.25, 0.3) is 0 Å². The molecule has 1 unspecified atom stereocenters. The fourth-order valence-corrected chi connectivity index (χ4v) is 3.98. The molecular formula is C14H18N2O3S. The van der Waals surface area contributed by atoms with E-state index in [-0.39, 0.29) is 17.5 Å². The lowest BCUT2D eigenvalue weighted by molar-refractivity contribution is 0.457. The van der Waals surface area contributed by atoms with Crippen LogP contribution < -0.4 is 5.32 Å². The molecule has 2 heterocycles. The van der Waals surface area contributed by atoms with E-state index in [1.807, 2.05) is 18.2 Å². The molecule has 1 N–H and O–H groups in total. The van der Waals surface area contributed by atoms with E-state index in [0.717, 1.165) is 17.5 Å². The van der Waals surface area contributed by atoms with E-state index >= 15 is 0 Å². The van der Waals surface area contributed by atoms with Gasteiger partial charge in [-0.05, 0) is 24.1 Å². The van der Waals surface area contributed by atoms with Gasteiger partial charge in [0, 0.05) is 19.0 Å². The van der Waals surface area contributed by atoms with Crippen molar-refractivity contribution in [2.24, 2.45) is 0 Å². The standard InChI is InChI=1S/C14H18N2O3S/c1-2-10-3-4-13-12(7-10)16-14(19-13)8-11-9-20(17,18)6-5-15-11/h3-4,7,11,15H,2,5-6,8-9H2,1H3. The summed E-state index contributed by atoms with van der Waals surface area (Å²) < 4.78 is 28.9. The molecule has 6 heteroatoms. The Hall–Kier alpha value is -1.40. The van der Waals surface area contributed by atoms with Crippen molar-refractivity contribution in [1.82, 2.24) is 10.3 Å². The SMILES string of the molecule is CCc1ccc2oc(CC3CS(=O)(=O)CCN3)nc2c1. The molecule has 0 saturated carbocycles. The molecule has 1 aromatic carbocycles. The Kier molecular flexibility index (Phi) is 3.52. The van der Waals surface area contributed by atoms with Crippen LogP contribution in [0.5, 0.6) is 0 Å². The normalized spacial score (nSPS) is 22.1. The number of nitrogens with one attached hydrogen (secondary N) is 1. The van der Waals surface area contributed by atoms with Crippen LogP contribution in [0.1, 0.15) is 18.4 Å². The Morgan fingerprint density at radius 2 is 2.30 bits per heavy atom. The van der Waals surface area contributed by atoms with Crippen LogP contribution in [-0.4, -0.2) is 37.5 Å². The summed E-state index contributed by atoms with van der Waals surface area (Å²) in [7, 11) is -2.92. The molecule has 2 aromatic rings. The van der Waals surface area contributed by atoms with Crippen molar-refractivity contribution in [1.29, 1.82) is 0 Å². The largest absolute Gasteiger partial charge is 0.441 e. The minimum Gasteiger partial charge on any atom is -0.441 e. The molecule has 1 aromatic heterocycles. The topological polar surface area (TPSA) is 72.2 Å². The van der Waals surface area contributed by atoms with E-state index in [1.54, 1.807) is 0 Å². The molecule has 108 valence electrons. The Labute approximate surface area is 118 Å². The molecule has 1 fully saturated rings. The van der Waals surface area contributed by atoms with Gasteiger partial charge in [0.15, 0.2) is 21.3 Å². The molecule has 0 bridgehead atoms. The minimum absolute atomic E-state index is 0.104. The van der Waals surface area contributed by atoms with Crippen molar-refractivity contribution in [3.8, 4) is 0 Å². The van der Waals surface area contributed by atoms with Crippen molar-refractivity contribution >= 4 is 20.9 Å². The number of hydrogen-bond acceptors (Lipinski definition) is 5. The number of hydrogen-bond donors (Lipinski definition) is 1. The van der Waals surface area contributed by atoms with Gasteiger partial charge in [0.2, 0.25) is 0 Å². The first-order chi connectivity index (χ1) is 9.55. The van der Waals surface area contributed by atoms with Gasteiger partial charge >= 0.3 is 0 Å². The Morgan fingerprint density at radius 1 is 1.45 bits per heavy atom. The molecule has 0 radical (unpaired) electrons. The van der Waals surface area contributed by atoms with Crippen LogP contribution in [0.2, 0.25) is 0 Å². The molecular weight excluding hydrogens is 276 g/mol. The third kappa shape index (κ3) is 2.86. The fraction of sp³-hybridized carbons (Fsp3) is 0.500. The molecule has 0 spiro atoms. The van der Waals surface area contributed by atoms with E-state index in [9.17, 15) is 8.42 Å². The highest BCUT2D eigenvalue weighted by atomic mass is 32.2. The van der Waals surface area contributed by atoms with Crippen molar-refractivity contribution in [3.63, 3.8) is 0 Å². The molecule has 3 rings (SSSR count). The number of sulfone groups is 1. The predicted octanol–water partition coefficient (Wildman–Crippen LogP) is 1.32. The maximum Gasteiger partial charge on any atom is 0.197 e.